The van der Waals surface area contributed by atoms with Crippen molar-refractivity contribution in [3.63, 3.8) is 0 Å². The first kappa shape index (κ1) is 16.0. The Morgan fingerprint density at radius 3 is 2.46 bits per heavy atom. The minimum Gasteiger partial charge on any atom is -0.366 e. The summed E-state index contributed by atoms with van der Waals surface area (Å²) in [7, 11) is 0. The fourth-order valence-corrected chi connectivity index (χ4v) is 2.57. The largest absolute Gasteiger partial charge is 0.366 e. The Kier molecular flexibility index (Phi) is 5.06. The monoisotopic (exact) mass is 318 g/mol. The first-order chi connectivity index (χ1) is 11.7. The molecule has 0 bridgehead atoms. The van der Waals surface area contributed by atoms with Gasteiger partial charge in [-0.3, -0.25) is 0 Å². The maximum absolute atomic E-state index is 4.59. The summed E-state index contributed by atoms with van der Waals surface area (Å²) in [5.74, 6) is 1.44. The standard InChI is InChI=1S/C20H22N4/c1-3-17-11-7-8-12-18(17)23-20-22-15(2)13-19(24-20)21-14-16-9-5-4-6-10-16/h4-13H,3,14H2,1-2H3,(H2,21,22,23,24). The molecule has 0 amide bonds. The van der Waals surface area contributed by atoms with E-state index in [0.717, 1.165) is 30.2 Å². The van der Waals surface area contributed by atoms with Crippen molar-refractivity contribution in [3.05, 3.63) is 77.5 Å². The zero-order valence-corrected chi connectivity index (χ0v) is 14.1. The zero-order valence-electron chi connectivity index (χ0n) is 14.1. The van der Waals surface area contributed by atoms with E-state index in [2.05, 4.69) is 51.8 Å². The van der Waals surface area contributed by atoms with Crippen LogP contribution in [-0.2, 0) is 13.0 Å². The van der Waals surface area contributed by atoms with Crippen molar-refractivity contribution in [2.45, 2.75) is 26.8 Å². The SMILES string of the molecule is CCc1ccccc1Nc1nc(C)cc(NCc2ccccc2)n1. The summed E-state index contributed by atoms with van der Waals surface area (Å²) in [5, 5.41) is 6.71. The van der Waals surface area contributed by atoms with Crippen LogP contribution >= 0.6 is 0 Å². The Hall–Kier alpha value is -2.88. The summed E-state index contributed by atoms with van der Waals surface area (Å²) in [6.07, 6.45) is 0.966. The van der Waals surface area contributed by atoms with Gasteiger partial charge < -0.3 is 10.6 Å². The van der Waals surface area contributed by atoms with E-state index < -0.39 is 0 Å². The highest BCUT2D eigenvalue weighted by molar-refractivity contribution is 5.59. The Morgan fingerprint density at radius 1 is 0.917 bits per heavy atom. The van der Waals surface area contributed by atoms with Crippen LogP contribution in [0.3, 0.4) is 0 Å². The summed E-state index contributed by atoms with van der Waals surface area (Å²) < 4.78 is 0. The van der Waals surface area contributed by atoms with E-state index in [1.165, 1.54) is 11.1 Å². The molecule has 0 aliphatic heterocycles. The Labute approximate surface area is 143 Å². The molecule has 0 spiro atoms. The first-order valence-corrected chi connectivity index (χ1v) is 8.23. The molecule has 0 aliphatic carbocycles. The van der Waals surface area contributed by atoms with E-state index >= 15 is 0 Å². The van der Waals surface area contributed by atoms with Crippen LogP contribution in [0.4, 0.5) is 17.5 Å². The molecule has 0 saturated carbocycles. The van der Waals surface area contributed by atoms with Gasteiger partial charge in [0.1, 0.15) is 5.82 Å². The van der Waals surface area contributed by atoms with Crippen LogP contribution in [0.15, 0.2) is 60.7 Å². The molecule has 4 nitrogen and oxygen atoms in total. The lowest BCUT2D eigenvalue weighted by Gasteiger charge is -2.12. The summed E-state index contributed by atoms with van der Waals surface area (Å²) in [4.78, 5) is 9.08. The second-order valence-electron chi connectivity index (χ2n) is 5.69. The lowest BCUT2D eigenvalue weighted by molar-refractivity contribution is 1.05. The van der Waals surface area contributed by atoms with Crippen molar-refractivity contribution in [2.24, 2.45) is 0 Å². The lowest BCUT2D eigenvalue weighted by atomic mass is 10.1. The molecule has 0 fully saturated rings. The molecule has 2 aromatic carbocycles. The van der Waals surface area contributed by atoms with Gasteiger partial charge in [0.25, 0.3) is 0 Å². The van der Waals surface area contributed by atoms with Gasteiger partial charge in [0.05, 0.1) is 0 Å². The third-order valence-electron chi connectivity index (χ3n) is 3.82. The number of aromatic nitrogens is 2. The molecule has 0 radical (unpaired) electrons. The van der Waals surface area contributed by atoms with Crippen LogP contribution in [0.25, 0.3) is 0 Å². The molecule has 3 aromatic rings. The van der Waals surface area contributed by atoms with E-state index in [1.54, 1.807) is 0 Å². The van der Waals surface area contributed by atoms with Gasteiger partial charge in [0, 0.05) is 24.0 Å². The normalized spacial score (nSPS) is 10.4. The number of nitrogens with zero attached hydrogens (tertiary/aromatic N) is 2. The fourth-order valence-electron chi connectivity index (χ4n) is 2.57. The molecule has 1 aromatic heterocycles. The first-order valence-electron chi connectivity index (χ1n) is 8.23. The van der Waals surface area contributed by atoms with Crippen LogP contribution in [0, 0.1) is 6.92 Å². The highest BCUT2D eigenvalue weighted by Gasteiger charge is 2.05. The Bertz CT molecular complexity index is 800. The van der Waals surface area contributed by atoms with Crippen LogP contribution in [0.2, 0.25) is 0 Å². The van der Waals surface area contributed by atoms with Crippen molar-refractivity contribution < 1.29 is 0 Å². The summed E-state index contributed by atoms with van der Waals surface area (Å²) in [6, 6.07) is 20.5. The number of nitrogens with one attached hydrogen (secondary N) is 2. The second-order valence-corrected chi connectivity index (χ2v) is 5.69. The van der Waals surface area contributed by atoms with E-state index in [0.29, 0.717) is 5.95 Å². The maximum Gasteiger partial charge on any atom is 0.229 e. The smallest absolute Gasteiger partial charge is 0.229 e. The van der Waals surface area contributed by atoms with Gasteiger partial charge in [-0.05, 0) is 30.5 Å². The molecular weight excluding hydrogens is 296 g/mol. The minimum absolute atomic E-state index is 0.617. The van der Waals surface area contributed by atoms with Crippen LogP contribution in [0.1, 0.15) is 23.7 Å². The average Bonchev–Trinajstić information content (AvgIpc) is 2.61. The van der Waals surface area contributed by atoms with Gasteiger partial charge in [-0.15, -0.1) is 0 Å². The van der Waals surface area contributed by atoms with Gasteiger partial charge >= 0.3 is 0 Å². The van der Waals surface area contributed by atoms with Crippen LogP contribution in [-0.4, -0.2) is 9.97 Å². The Balaban J connectivity index is 1.76. The van der Waals surface area contributed by atoms with Crippen LogP contribution in [0.5, 0.6) is 0 Å². The molecule has 4 heteroatoms. The van der Waals surface area contributed by atoms with Crippen molar-refractivity contribution in [1.29, 1.82) is 0 Å². The summed E-state index contributed by atoms with van der Waals surface area (Å²) >= 11 is 0. The van der Waals surface area contributed by atoms with Gasteiger partial charge in [0.15, 0.2) is 0 Å². The topological polar surface area (TPSA) is 49.8 Å². The van der Waals surface area contributed by atoms with Gasteiger partial charge in [-0.25, -0.2) is 4.98 Å². The van der Waals surface area contributed by atoms with E-state index in [9.17, 15) is 0 Å². The van der Waals surface area contributed by atoms with Gasteiger partial charge in [0.2, 0.25) is 5.95 Å². The van der Waals surface area contributed by atoms with E-state index in [-0.39, 0.29) is 0 Å². The second kappa shape index (κ2) is 7.59. The predicted molar refractivity (Wildman–Crippen MR) is 99.6 cm³/mol. The maximum atomic E-state index is 4.59. The molecule has 1 heterocycles. The highest BCUT2D eigenvalue weighted by Crippen LogP contribution is 2.20. The van der Waals surface area contributed by atoms with Crippen molar-refractivity contribution >= 4 is 17.5 Å². The van der Waals surface area contributed by atoms with Crippen molar-refractivity contribution in [2.75, 3.05) is 10.6 Å². The molecule has 0 unspecified atom stereocenters. The molecule has 3 rings (SSSR count). The molecular formula is C20H22N4. The lowest BCUT2D eigenvalue weighted by Crippen LogP contribution is -2.06. The quantitative estimate of drug-likeness (QED) is 0.691. The molecule has 122 valence electrons. The summed E-state index contributed by atoms with van der Waals surface area (Å²) in [6.45, 7) is 4.86. The number of rotatable bonds is 6. The van der Waals surface area contributed by atoms with Crippen molar-refractivity contribution in [1.82, 2.24) is 9.97 Å². The van der Waals surface area contributed by atoms with Gasteiger partial charge in [-0.1, -0.05) is 55.5 Å². The number of benzene rings is 2. The highest BCUT2D eigenvalue weighted by atomic mass is 15.1. The van der Waals surface area contributed by atoms with E-state index in [1.807, 2.05) is 43.3 Å². The Morgan fingerprint density at radius 2 is 1.67 bits per heavy atom. The predicted octanol–water partition coefficient (Wildman–Crippen LogP) is 4.70. The fraction of sp³-hybridized carbons (Fsp3) is 0.200. The third-order valence-corrected chi connectivity index (χ3v) is 3.82. The molecule has 24 heavy (non-hydrogen) atoms. The third kappa shape index (κ3) is 4.10. The van der Waals surface area contributed by atoms with Crippen LogP contribution < -0.4 is 10.6 Å². The zero-order chi connectivity index (χ0) is 16.8. The van der Waals surface area contributed by atoms with Crippen molar-refractivity contribution in [3.8, 4) is 0 Å². The molecule has 0 aliphatic rings. The number of hydrogen-bond donors (Lipinski definition) is 2. The minimum atomic E-state index is 0.617. The summed E-state index contributed by atoms with van der Waals surface area (Å²) in [5.41, 5.74) is 4.46. The number of aryl methyl sites for hydroxylation is 2. The molecule has 0 saturated heterocycles. The van der Waals surface area contributed by atoms with E-state index in [4.69, 9.17) is 0 Å². The molecule has 2 N–H and O–H groups in total. The number of anilines is 3. The number of para-hydroxylation sites is 1. The number of hydrogen-bond acceptors (Lipinski definition) is 4. The average molecular weight is 318 g/mol. The van der Waals surface area contributed by atoms with Gasteiger partial charge in [-0.2, -0.15) is 4.98 Å². The molecule has 0 atom stereocenters.